The van der Waals surface area contributed by atoms with E-state index in [-0.39, 0.29) is 5.72 Å². The maximum Gasteiger partial charge on any atom is 0.147 e. The number of nitrogens with zero attached hydrogens (tertiary/aromatic N) is 2. The highest BCUT2D eigenvalue weighted by molar-refractivity contribution is 5.61. The molecule has 0 atom stereocenters. The topological polar surface area (TPSA) is 36.9 Å². The largest absolute Gasteiger partial charge is 0.290 e. The van der Waals surface area contributed by atoms with Gasteiger partial charge in [-0.25, -0.2) is 0 Å². The molecular weight excluding hydrogens is 178 g/mol. The lowest BCUT2D eigenvalue weighted by Crippen LogP contribution is -2.57. The third-order valence-electron chi connectivity index (χ3n) is 2.79. The van der Waals surface area contributed by atoms with Gasteiger partial charge in [0.15, 0.2) is 0 Å². The predicted octanol–water partition coefficient (Wildman–Crippen LogP) is 1.12. The van der Waals surface area contributed by atoms with E-state index >= 15 is 0 Å². The summed E-state index contributed by atoms with van der Waals surface area (Å²) >= 11 is 0. The Morgan fingerprint density at radius 2 is 2.36 bits per heavy atom. The Hall–Kier alpha value is -0.870. The van der Waals surface area contributed by atoms with Crippen LogP contribution in [-0.2, 0) is 4.84 Å². The van der Waals surface area contributed by atoms with Crippen molar-refractivity contribution in [1.29, 1.82) is 0 Å². The molecule has 0 bridgehead atoms. The van der Waals surface area contributed by atoms with Crippen LogP contribution in [0.1, 0.15) is 19.8 Å². The van der Waals surface area contributed by atoms with Crippen molar-refractivity contribution in [1.82, 2.24) is 10.4 Å². The Balaban J connectivity index is 1.89. The summed E-state index contributed by atoms with van der Waals surface area (Å²) in [5, 5.41) is 5.08. The van der Waals surface area contributed by atoms with E-state index in [4.69, 9.17) is 4.84 Å². The fourth-order valence-electron chi connectivity index (χ4n) is 2.04. The highest BCUT2D eigenvalue weighted by Crippen LogP contribution is 2.38. The first-order valence-electron chi connectivity index (χ1n) is 5.07. The van der Waals surface area contributed by atoms with Gasteiger partial charge in [0.05, 0.1) is 6.54 Å². The summed E-state index contributed by atoms with van der Waals surface area (Å²) in [5.74, 6) is 0.755. The molecule has 14 heavy (non-hydrogen) atoms. The molecule has 4 heteroatoms. The first kappa shape index (κ1) is 9.68. The molecule has 0 aromatic carbocycles. The van der Waals surface area contributed by atoms with Crippen molar-refractivity contribution in [3.8, 4) is 0 Å². The van der Waals surface area contributed by atoms with Crippen LogP contribution in [0.5, 0.6) is 0 Å². The molecule has 1 saturated carbocycles. The van der Waals surface area contributed by atoms with Crippen LogP contribution in [0.3, 0.4) is 0 Å². The van der Waals surface area contributed by atoms with Gasteiger partial charge < -0.3 is 0 Å². The summed E-state index contributed by atoms with van der Waals surface area (Å²) < 4.78 is 0. The predicted molar refractivity (Wildman–Crippen MR) is 55.6 cm³/mol. The molecule has 1 N–H and O–H groups in total. The average Bonchev–Trinajstić information content (AvgIpc) is 2.16. The van der Waals surface area contributed by atoms with Crippen LogP contribution >= 0.6 is 0 Å². The number of hydrogen-bond donors (Lipinski definition) is 1. The molecule has 2 aliphatic rings. The van der Waals surface area contributed by atoms with Gasteiger partial charge in [-0.05, 0) is 25.8 Å². The lowest BCUT2D eigenvalue weighted by Gasteiger charge is -2.47. The van der Waals surface area contributed by atoms with Crippen LogP contribution in [0.15, 0.2) is 17.4 Å². The molecule has 0 saturated heterocycles. The van der Waals surface area contributed by atoms with Crippen LogP contribution in [0.25, 0.3) is 0 Å². The van der Waals surface area contributed by atoms with Gasteiger partial charge in [0.1, 0.15) is 5.72 Å². The number of hydroxylamine groups is 2. The minimum absolute atomic E-state index is 0.144. The zero-order valence-electron chi connectivity index (χ0n) is 8.73. The van der Waals surface area contributed by atoms with E-state index < -0.39 is 0 Å². The third kappa shape index (κ3) is 1.81. The van der Waals surface area contributed by atoms with Crippen LogP contribution in [0.2, 0.25) is 0 Å². The Kier molecular flexibility index (Phi) is 2.56. The zero-order valence-corrected chi connectivity index (χ0v) is 8.73. The molecule has 1 aliphatic heterocycles. The first-order valence-corrected chi connectivity index (χ1v) is 5.07. The molecular formula is C10H17N3O. The summed E-state index contributed by atoms with van der Waals surface area (Å²) in [6.45, 7) is 2.97. The summed E-state index contributed by atoms with van der Waals surface area (Å²) in [7, 11) is 1.95. The number of aliphatic imine (C=N–C) groups is 1. The van der Waals surface area contributed by atoms with Gasteiger partial charge in [0.2, 0.25) is 0 Å². The molecule has 0 aromatic heterocycles. The summed E-state index contributed by atoms with van der Waals surface area (Å²) in [6.07, 6.45) is 7.60. The lowest BCUT2D eigenvalue weighted by atomic mass is 9.78. The van der Waals surface area contributed by atoms with Crippen LogP contribution in [0, 0.1) is 5.92 Å². The van der Waals surface area contributed by atoms with Gasteiger partial charge in [-0.3, -0.25) is 20.2 Å². The maximum atomic E-state index is 5.88. The van der Waals surface area contributed by atoms with Crippen LogP contribution < -0.4 is 5.32 Å². The van der Waals surface area contributed by atoms with Gasteiger partial charge in [-0.1, -0.05) is 6.92 Å². The summed E-state index contributed by atoms with van der Waals surface area (Å²) in [6, 6.07) is 0. The molecule has 2 rings (SSSR count). The second-order valence-electron chi connectivity index (χ2n) is 4.08. The molecule has 1 aliphatic carbocycles. The number of hydrogen-bond acceptors (Lipinski definition) is 4. The molecule has 1 heterocycles. The van der Waals surface area contributed by atoms with E-state index in [0.717, 1.165) is 25.3 Å². The maximum absolute atomic E-state index is 5.88. The minimum atomic E-state index is -0.144. The minimum Gasteiger partial charge on any atom is -0.290 e. The van der Waals surface area contributed by atoms with Gasteiger partial charge in [-0.2, -0.15) is 0 Å². The summed E-state index contributed by atoms with van der Waals surface area (Å²) in [5.41, 5.74) is -0.144. The molecule has 1 fully saturated rings. The third-order valence-corrected chi connectivity index (χ3v) is 2.79. The quantitative estimate of drug-likeness (QED) is 0.686. The van der Waals surface area contributed by atoms with Crippen molar-refractivity contribution in [3.05, 3.63) is 12.4 Å². The van der Waals surface area contributed by atoms with Crippen molar-refractivity contribution in [3.63, 3.8) is 0 Å². The van der Waals surface area contributed by atoms with E-state index in [1.165, 1.54) is 0 Å². The van der Waals surface area contributed by atoms with Gasteiger partial charge in [0, 0.05) is 18.6 Å². The normalized spacial score (nSPS) is 35.9. The standard InChI is InChI=1S/C10H17N3O/c1-9-7-10(8-9,11-2)14-13-5-3-12-4-6-13/h3-5,9,11H,6-8H2,1-2H3. The van der Waals surface area contributed by atoms with Crippen LogP contribution in [0.4, 0.5) is 0 Å². The van der Waals surface area contributed by atoms with Crippen LogP contribution in [-0.4, -0.2) is 30.6 Å². The van der Waals surface area contributed by atoms with E-state index in [0.29, 0.717) is 0 Å². The second-order valence-corrected chi connectivity index (χ2v) is 4.08. The monoisotopic (exact) mass is 195 g/mol. The molecule has 0 amide bonds. The highest BCUT2D eigenvalue weighted by atomic mass is 16.7. The van der Waals surface area contributed by atoms with E-state index in [2.05, 4.69) is 17.2 Å². The molecule has 0 unspecified atom stereocenters. The molecule has 4 nitrogen and oxygen atoms in total. The van der Waals surface area contributed by atoms with Crippen molar-refractivity contribution in [2.24, 2.45) is 10.9 Å². The van der Waals surface area contributed by atoms with Gasteiger partial charge >= 0.3 is 0 Å². The van der Waals surface area contributed by atoms with Gasteiger partial charge in [-0.15, -0.1) is 0 Å². The summed E-state index contributed by atoms with van der Waals surface area (Å²) in [4.78, 5) is 9.87. The van der Waals surface area contributed by atoms with Crippen molar-refractivity contribution in [2.75, 3.05) is 13.6 Å². The molecule has 0 spiro atoms. The number of rotatable bonds is 3. The molecule has 0 radical (unpaired) electrons. The first-order chi connectivity index (χ1) is 6.74. The SMILES string of the molecule is CNC1(ON2C=CN=CC2)CC(C)C1. The van der Waals surface area contributed by atoms with Gasteiger partial charge in [0.25, 0.3) is 0 Å². The highest BCUT2D eigenvalue weighted by Gasteiger charge is 2.43. The van der Waals surface area contributed by atoms with E-state index in [9.17, 15) is 0 Å². The molecule has 0 aromatic rings. The second kappa shape index (κ2) is 3.71. The Morgan fingerprint density at radius 1 is 1.57 bits per heavy atom. The van der Waals surface area contributed by atoms with E-state index in [1.54, 1.807) is 6.20 Å². The average molecular weight is 195 g/mol. The van der Waals surface area contributed by atoms with Crippen molar-refractivity contribution in [2.45, 2.75) is 25.5 Å². The van der Waals surface area contributed by atoms with Crippen molar-refractivity contribution >= 4 is 6.21 Å². The Bertz CT molecular complexity index is 256. The zero-order chi connectivity index (χ0) is 10.0. The fourth-order valence-corrected chi connectivity index (χ4v) is 2.04. The fraction of sp³-hybridized carbons (Fsp3) is 0.700. The smallest absolute Gasteiger partial charge is 0.147 e. The van der Waals surface area contributed by atoms with E-state index in [1.807, 2.05) is 24.5 Å². The lowest BCUT2D eigenvalue weighted by molar-refractivity contribution is -0.267. The Morgan fingerprint density at radius 3 is 2.86 bits per heavy atom. The number of nitrogens with one attached hydrogen (secondary N) is 1. The molecule has 78 valence electrons. The Labute approximate surface area is 84.6 Å². The van der Waals surface area contributed by atoms with Crippen molar-refractivity contribution < 1.29 is 4.84 Å².